The van der Waals surface area contributed by atoms with Gasteiger partial charge in [0.25, 0.3) is 10.1 Å². The summed E-state index contributed by atoms with van der Waals surface area (Å²) in [5.74, 6) is 0. The lowest BCUT2D eigenvalue weighted by Crippen LogP contribution is -2.26. The van der Waals surface area contributed by atoms with Crippen molar-refractivity contribution in [3.05, 3.63) is 65.7 Å². The average molecular weight is 303 g/mol. The van der Waals surface area contributed by atoms with Crippen LogP contribution in [0.1, 0.15) is 25.0 Å². The first kappa shape index (κ1) is 15.7. The Hall–Kier alpha value is -1.65. The van der Waals surface area contributed by atoms with Crippen molar-refractivity contribution >= 4 is 10.1 Å². The van der Waals surface area contributed by atoms with Gasteiger partial charge in [0.2, 0.25) is 0 Å². The molecule has 0 heterocycles. The molecule has 0 spiro atoms. The van der Waals surface area contributed by atoms with E-state index in [0.717, 1.165) is 11.1 Å². The molecule has 0 aliphatic heterocycles. The van der Waals surface area contributed by atoms with Gasteiger partial charge < -0.3 is 0 Å². The number of hydrogen-bond acceptors (Lipinski definition) is 3. The Morgan fingerprint density at radius 2 is 1.76 bits per heavy atom. The number of hydrogen-bond donors (Lipinski definition) is 0. The summed E-state index contributed by atoms with van der Waals surface area (Å²) in [5.41, 5.74) is 1.50. The second kappa shape index (κ2) is 6.00. The molecule has 0 N–H and O–H groups in total. The van der Waals surface area contributed by atoms with Crippen LogP contribution >= 0.6 is 0 Å². The Labute approximate surface area is 126 Å². The lowest BCUT2D eigenvalue weighted by molar-refractivity contribution is 0.245. The fourth-order valence-corrected chi connectivity index (χ4v) is 2.95. The van der Waals surface area contributed by atoms with Gasteiger partial charge in [-0.15, -0.1) is 0 Å². The van der Waals surface area contributed by atoms with E-state index >= 15 is 0 Å². The molecule has 0 bridgehead atoms. The lowest BCUT2D eigenvalue weighted by Gasteiger charge is -2.24. The van der Waals surface area contributed by atoms with E-state index in [9.17, 15) is 8.42 Å². The van der Waals surface area contributed by atoms with Crippen LogP contribution in [0, 0.1) is 13.0 Å². The number of rotatable bonds is 5. The molecule has 0 amide bonds. The van der Waals surface area contributed by atoms with Gasteiger partial charge in [-0.05, 0) is 30.7 Å². The molecule has 0 aliphatic carbocycles. The summed E-state index contributed by atoms with van der Waals surface area (Å²) >= 11 is 0. The highest BCUT2D eigenvalue weighted by atomic mass is 32.2. The molecular weight excluding hydrogens is 284 g/mol. The first-order chi connectivity index (χ1) is 9.81. The molecule has 3 nitrogen and oxygen atoms in total. The molecule has 1 radical (unpaired) electrons. The van der Waals surface area contributed by atoms with Crippen LogP contribution in [0.25, 0.3) is 0 Å². The molecule has 2 rings (SSSR count). The van der Waals surface area contributed by atoms with Crippen LogP contribution in [0.3, 0.4) is 0 Å². The number of aryl methyl sites for hydroxylation is 1. The van der Waals surface area contributed by atoms with Gasteiger partial charge >= 0.3 is 0 Å². The fraction of sp³-hybridized carbons (Fsp3) is 0.294. The summed E-state index contributed by atoms with van der Waals surface area (Å²) < 4.78 is 29.6. The Balaban J connectivity index is 2.13. The van der Waals surface area contributed by atoms with Gasteiger partial charge in [-0.2, -0.15) is 8.42 Å². The van der Waals surface area contributed by atoms with E-state index in [1.54, 1.807) is 24.3 Å². The second-order valence-corrected chi connectivity index (χ2v) is 7.30. The fourth-order valence-electron chi connectivity index (χ4n) is 1.89. The first-order valence-corrected chi connectivity index (χ1v) is 8.15. The Kier molecular flexibility index (Phi) is 4.49. The standard InChI is InChI=1S/C17H19O3S/c1-14-9-11-16(12-10-14)21(18,19)20-13-17(2,3)15-7-5-4-6-8-15/h4-7,9-12H,13H2,1-3H3. The topological polar surface area (TPSA) is 43.4 Å². The third-order valence-corrected chi connectivity index (χ3v) is 4.60. The van der Waals surface area contributed by atoms with E-state index in [4.69, 9.17) is 4.18 Å². The van der Waals surface area contributed by atoms with E-state index in [0.29, 0.717) is 0 Å². The van der Waals surface area contributed by atoms with Gasteiger partial charge in [0.15, 0.2) is 0 Å². The van der Waals surface area contributed by atoms with Crippen LogP contribution in [0.5, 0.6) is 0 Å². The highest BCUT2D eigenvalue weighted by Gasteiger charge is 2.25. The maximum atomic E-state index is 12.2. The molecule has 0 atom stereocenters. The van der Waals surface area contributed by atoms with Crippen LogP contribution in [0.15, 0.2) is 53.4 Å². The molecule has 21 heavy (non-hydrogen) atoms. The molecule has 4 heteroatoms. The SMILES string of the molecule is Cc1ccc(S(=O)(=O)OCC(C)(C)c2[c]cccc2)cc1. The zero-order valence-corrected chi connectivity index (χ0v) is 13.3. The van der Waals surface area contributed by atoms with Crippen molar-refractivity contribution in [1.82, 2.24) is 0 Å². The molecule has 2 aromatic rings. The van der Waals surface area contributed by atoms with Crippen molar-refractivity contribution in [3.8, 4) is 0 Å². The highest BCUT2D eigenvalue weighted by molar-refractivity contribution is 7.86. The summed E-state index contributed by atoms with van der Waals surface area (Å²) in [6.07, 6.45) is 0. The maximum Gasteiger partial charge on any atom is 0.297 e. The first-order valence-electron chi connectivity index (χ1n) is 6.75. The van der Waals surface area contributed by atoms with Gasteiger partial charge in [0.1, 0.15) is 0 Å². The van der Waals surface area contributed by atoms with Crippen molar-refractivity contribution in [2.75, 3.05) is 6.61 Å². The average Bonchev–Trinajstić information content (AvgIpc) is 2.47. The van der Waals surface area contributed by atoms with E-state index < -0.39 is 15.5 Å². The van der Waals surface area contributed by atoms with Crippen molar-refractivity contribution < 1.29 is 12.6 Å². The molecule has 0 fully saturated rings. The van der Waals surface area contributed by atoms with Gasteiger partial charge in [-0.25, -0.2) is 0 Å². The molecule has 0 aromatic heterocycles. The van der Waals surface area contributed by atoms with E-state index in [-0.39, 0.29) is 11.5 Å². The lowest BCUT2D eigenvalue weighted by atomic mass is 9.86. The summed E-state index contributed by atoms with van der Waals surface area (Å²) in [6, 6.07) is 17.3. The number of benzene rings is 2. The summed E-state index contributed by atoms with van der Waals surface area (Å²) in [4.78, 5) is 0.181. The minimum Gasteiger partial charge on any atom is -0.265 e. The van der Waals surface area contributed by atoms with Crippen molar-refractivity contribution in [3.63, 3.8) is 0 Å². The van der Waals surface area contributed by atoms with Crippen LogP contribution in [0.2, 0.25) is 0 Å². The Morgan fingerprint density at radius 1 is 1.10 bits per heavy atom. The van der Waals surface area contributed by atoms with Crippen LogP contribution < -0.4 is 0 Å². The maximum absolute atomic E-state index is 12.2. The van der Waals surface area contributed by atoms with E-state index in [1.165, 1.54) is 0 Å². The molecule has 0 unspecified atom stereocenters. The van der Waals surface area contributed by atoms with Crippen molar-refractivity contribution in [2.24, 2.45) is 0 Å². The molecule has 2 aromatic carbocycles. The molecule has 0 aliphatic rings. The summed E-state index contributed by atoms with van der Waals surface area (Å²) in [6.45, 7) is 5.85. The largest absolute Gasteiger partial charge is 0.297 e. The Bertz CT molecular complexity index is 687. The van der Waals surface area contributed by atoms with E-state index in [1.807, 2.05) is 45.0 Å². The summed E-state index contributed by atoms with van der Waals surface area (Å²) in [7, 11) is -3.73. The smallest absolute Gasteiger partial charge is 0.265 e. The second-order valence-electron chi connectivity index (χ2n) is 5.69. The van der Waals surface area contributed by atoms with Gasteiger partial charge in [-0.1, -0.05) is 55.8 Å². The highest BCUT2D eigenvalue weighted by Crippen LogP contribution is 2.25. The zero-order chi connectivity index (χ0) is 15.5. The zero-order valence-electron chi connectivity index (χ0n) is 12.5. The molecule has 0 saturated heterocycles. The third kappa shape index (κ3) is 3.93. The van der Waals surface area contributed by atoms with Crippen LogP contribution in [0.4, 0.5) is 0 Å². The summed E-state index contributed by atoms with van der Waals surface area (Å²) in [5, 5.41) is 0. The molecule has 111 valence electrons. The van der Waals surface area contributed by atoms with Crippen molar-refractivity contribution in [2.45, 2.75) is 31.1 Å². The van der Waals surface area contributed by atoms with Crippen molar-refractivity contribution in [1.29, 1.82) is 0 Å². The van der Waals surface area contributed by atoms with Gasteiger partial charge in [-0.3, -0.25) is 4.18 Å². The van der Waals surface area contributed by atoms with E-state index in [2.05, 4.69) is 6.07 Å². The van der Waals surface area contributed by atoms with Gasteiger partial charge in [0, 0.05) is 5.41 Å². The normalized spacial score (nSPS) is 12.3. The third-order valence-electron chi connectivity index (χ3n) is 3.32. The predicted molar refractivity (Wildman–Crippen MR) is 82.6 cm³/mol. The quantitative estimate of drug-likeness (QED) is 0.794. The minimum absolute atomic E-state index is 0.0731. The van der Waals surface area contributed by atoms with Gasteiger partial charge in [0.05, 0.1) is 11.5 Å². The molecular formula is C17H19O3S. The predicted octanol–water partition coefficient (Wildman–Crippen LogP) is 3.48. The minimum atomic E-state index is -3.73. The van der Waals surface area contributed by atoms with Crippen LogP contribution in [-0.4, -0.2) is 15.0 Å². The van der Waals surface area contributed by atoms with Crippen LogP contribution in [-0.2, 0) is 19.7 Å². The Morgan fingerprint density at radius 3 is 2.33 bits per heavy atom. The molecule has 0 saturated carbocycles. The monoisotopic (exact) mass is 303 g/mol.